The van der Waals surface area contributed by atoms with Crippen LogP contribution in [0.25, 0.3) is 0 Å². The number of phenolic OH excluding ortho intramolecular Hbond substituents is 1. The lowest BCUT2D eigenvalue weighted by Gasteiger charge is -2.04. The quantitative estimate of drug-likeness (QED) is 0.341. The molecular weight excluding hydrogens is 272 g/mol. The van der Waals surface area contributed by atoms with Gasteiger partial charge in [-0.25, -0.2) is 5.84 Å². The van der Waals surface area contributed by atoms with Crippen LogP contribution in [-0.2, 0) is 17.0 Å². The van der Waals surface area contributed by atoms with Crippen molar-refractivity contribution in [2.75, 3.05) is 0 Å². The monoisotopic (exact) mass is 288 g/mol. The Balaban J connectivity index is 1.92. The largest absolute Gasteiger partial charge is 0.508 e. The molecule has 4 N–H and O–H groups in total. The van der Waals surface area contributed by atoms with E-state index in [4.69, 9.17) is 5.84 Å². The number of aromatic hydroxyl groups is 1. The molecule has 0 aliphatic rings. The maximum absolute atomic E-state index is 11.1. The van der Waals surface area contributed by atoms with E-state index in [0.29, 0.717) is 0 Å². The molecule has 2 aromatic carbocycles. The zero-order valence-corrected chi connectivity index (χ0v) is 11.7. The number of carbonyl (C=O) groups excluding carboxylic acids is 1. The second-order valence-electron chi connectivity index (χ2n) is 4.35. The Morgan fingerprint density at radius 2 is 1.85 bits per heavy atom. The van der Waals surface area contributed by atoms with Crippen molar-refractivity contribution in [2.45, 2.75) is 17.1 Å². The smallest absolute Gasteiger partial charge is 0.238 e. The lowest BCUT2D eigenvalue weighted by Crippen LogP contribution is -2.31. The van der Waals surface area contributed by atoms with Crippen LogP contribution in [0.5, 0.6) is 5.75 Å². The Labute approximate surface area is 122 Å². The van der Waals surface area contributed by atoms with Gasteiger partial charge in [-0.15, -0.1) is 11.8 Å². The van der Waals surface area contributed by atoms with Crippen LogP contribution in [0, 0.1) is 0 Å². The summed E-state index contributed by atoms with van der Waals surface area (Å²) in [5.41, 5.74) is 4.21. The molecule has 0 spiro atoms. The van der Waals surface area contributed by atoms with Gasteiger partial charge in [-0.05, 0) is 29.3 Å². The number of benzene rings is 2. The first-order valence-corrected chi connectivity index (χ1v) is 7.15. The molecule has 2 aromatic rings. The third-order valence-corrected chi connectivity index (χ3v) is 3.84. The first-order valence-electron chi connectivity index (χ1n) is 6.16. The highest BCUT2D eigenvalue weighted by Crippen LogP contribution is 2.25. The number of hydrazine groups is 1. The summed E-state index contributed by atoms with van der Waals surface area (Å²) in [5, 5.41) is 9.39. The first-order chi connectivity index (χ1) is 9.67. The van der Waals surface area contributed by atoms with Crippen molar-refractivity contribution >= 4 is 17.7 Å². The summed E-state index contributed by atoms with van der Waals surface area (Å²) < 4.78 is 0. The Bertz CT molecular complexity index is 585. The standard InChI is InChI=1S/C15H16N2O2S/c16-17-15(19)8-11-4-6-12(7-5-11)10-20-14-3-1-2-13(18)9-14/h1-7,9,18H,8,10,16H2,(H,17,19). The summed E-state index contributed by atoms with van der Waals surface area (Å²) in [7, 11) is 0. The van der Waals surface area contributed by atoms with Crippen molar-refractivity contribution in [3.05, 3.63) is 59.7 Å². The number of nitrogens with one attached hydrogen (secondary N) is 1. The summed E-state index contributed by atoms with van der Waals surface area (Å²) in [5.74, 6) is 5.94. The van der Waals surface area contributed by atoms with Crippen molar-refractivity contribution in [3.63, 3.8) is 0 Å². The molecule has 0 saturated heterocycles. The first kappa shape index (κ1) is 14.4. The molecule has 2 rings (SSSR count). The van der Waals surface area contributed by atoms with E-state index in [-0.39, 0.29) is 18.1 Å². The molecule has 0 fully saturated rings. The predicted octanol–water partition coefficient (Wildman–Crippen LogP) is 2.22. The van der Waals surface area contributed by atoms with Crippen molar-refractivity contribution < 1.29 is 9.90 Å². The number of phenols is 1. The molecule has 20 heavy (non-hydrogen) atoms. The number of amides is 1. The molecular formula is C15H16N2O2S. The second kappa shape index (κ2) is 6.98. The van der Waals surface area contributed by atoms with Gasteiger partial charge in [0.25, 0.3) is 0 Å². The summed E-state index contributed by atoms with van der Waals surface area (Å²) in [6, 6.07) is 15.0. The molecule has 4 nitrogen and oxygen atoms in total. The minimum absolute atomic E-state index is 0.202. The fourth-order valence-corrected chi connectivity index (χ4v) is 2.63. The molecule has 0 aromatic heterocycles. The average Bonchev–Trinajstić information content (AvgIpc) is 2.46. The van der Waals surface area contributed by atoms with Gasteiger partial charge in [-0.3, -0.25) is 10.2 Å². The van der Waals surface area contributed by atoms with E-state index in [0.717, 1.165) is 21.8 Å². The Hall–Kier alpha value is -1.98. The minimum Gasteiger partial charge on any atom is -0.508 e. The lowest BCUT2D eigenvalue weighted by molar-refractivity contribution is -0.120. The third kappa shape index (κ3) is 4.29. The van der Waals surface area contributed by atoms with Gasteiger partial charge >= 0.3 is 0 Å². The zero-order valence-electron chi connectivity index (χ0n) is 10.9. The topological polar surface area (TPSA) is 75.3 Å². The summed E-state index contributed by atoms with van der Waals surface area (Å²) in [4.78, 5) is 12.2. The molecule has 0 bridgehead atoms. The van der Waals surface area contributed by atoms with E-state index in [2.05, 4.69) is 5.43 Å². The molecule has 104 valence electrons. The van der Waals surface area contributed by atoms with Gasteiger partial charge in [0.15, 0.2) is 0 Å². The molecule has 0 unspecified atom stereocenters. The van der Waals surface area contributed by atoms with Gasteiger partial charge < -0.3 is 5.11 Å². The van der Waals surface area contributed by atoms with Gasteiger partial charge in [-0.2, -0.15) is 0 Å². The third-order valence-electron chi connectivity index (χ3n) is 2.77. The van der Waals surface area contributed by atoms with Crippen LogP contribution in [0.3, 0.4) is 0 Å². The van der Waals surface area contributed by atoms with Crippen LogP contribution in [0.15, 0.2) is 53.4 Å². The number of hydrogen-bond donors (Lipinski definition) is 3. The number of carbonyl (C=O) groups is 1. The normalized spacial score (nSPS) is 10.2. The fourth-order valence-electron chi connectivity index (χ4n) is 1.73. The molecule has 1 amide bonds. The number of thioether (sulfide) groups is 1. The van der Waals surface area contributed by atoms with E-state index in [1.807, 2.05) is 36.4 Å². The van der Waals surface area contributed by atoms with Crippen molar-refractivity contribution in [1.82, 2.24) is 5.43 Å². The van der Waals surface area contributed by atoms with E-state index >= 15 is 0 Å². The lowest BCUT2D eigenvalue weighted by atomic mass is 10.1. The van der Waals surface area contributed by atoms with Crippen LogP contribution in [0.1, 0.15) is 11.1 Å². The van der Waals surface area contributed by atoms with E-state index in [1.54, 1.807) is 23.9 Å². The zero-order chi connectivity index (χ0) is 14.4. The molecule has 0 aliphatic heterocycles. The van der Waals surface area contributed by atoms with Gasteiger partial charge in [-0.1, -0.05) is 30.3 Å². The van der Waals surface area contributed by atoms with Gasteiger partial charge in [0, 0.05) is 10.6 Å². The SMILES string of the molecule is NNC(=O)Cc1ccc(CSc2cccc(O)c2)cc1. The number of nitrogens with two attached hydrogens (primary N) is 1. The van der Waals surface area contributed by atoms with Gasteiger partial charge in [0.05, 0.1) is 6.42 Å². The Morgan fingerprint density at radius 1 is 1.15 bits per heavy atom. The highest BCUT2D eigenvalue weighted by atomic mass is 32.2. The Morgan fingerprint density at radius 3 is 2.50 bits per heavy atom. The molecule has 0 atom stereocenters. The van der Waals surface area contributed by atoms with Crippen LogP contribution in [0.4, 0.5) is 0 Å². The van der Waals surface area contributed by atoms with Gasteiger partial charge in [0.2, 0.25) is 5.91 Å². The summed E-state index contributed by atoms with van der Waals surface area (Å²) >= 11 is 1.65. The molecule has 0 saturated carbocycles. The minimum atomic E-state index is -0.202. The Kier molecular flexibility index (Phi) is 5.03. The molecule has 0 aliphatic carbocycles. The van der Waals surface area contributed by atoms with E-state index in [1.165, 1.54) is 0 Å². The van der Waals surface area contributed by atoms with Gasteiger partial charge in [0.1, 0.15) is 5.75 Å². The molecule has 0 heterocycles. The van der Waals surface area contributed by atoms with Crippen LogP contribution >= 0.6 is 11.8 Å². The average molecular weight is 288 g/mol. The fraction of sp³-hybridized carbons (Fsp3) is 0.133. The maximum atomic E-state index is 11.1. The number of hydrogen-bond acceptors (Lipinski definition) is 4. The molecule has 5 heteroatoms. The van der Waals surface area contributed by atoms with Crippen LogP contribution < -0.4 is 11.3 Å². The highest BCUT2D eigenvalue weighted by Gasteiger charge is 2.02. The van der Waals surface area contributed by atoms with E-state index in [9.17, 15) is 9.90 Å². The highest BCUT2D eigenvalue weighted by molar-refractivity contribution is 7.98. The molecule has 0 radical (unpaired) electrons. The van der Waals surface area contributed by atoms with Crippen LogP contribution in [-0.4, -0.2) is 11.0 Å². The van der Waals surface area contributed by atoms with E-state index < -0.39 is 0 Å². The number of rotatable bonds is 5. The summed E-state index contributed by atoms with van der Waals surface area (Å²) in [6.07, 6.45) is 0.288. The van der Waals surface area contributed by atoms with Crippen molar-refractivity contribution in [1.29, 1.82) is 0 Å². The maximum Gasteiger partial charge on any atom is 0.238 e. The predicted molar refractivity (Wildman–Crippen MR) is 80.1 cm³/mol. The van der Waals surface area contributed by atoms with Crippen LogP contribution in [0.2, 0.25) is 0 Å². The van der Waals surface area contributed by atoms with Crippen molar-refractivity contribution in [2.24, 2.45) is 5.84 Å². The van der Waals surface area contributed by atoms with Crippen molar-refractivity contribution in [3.8, 4) is 5.75 Å². The second-order valence-corrected chi connectivity index (χ2v) is 5.40. The summed E-state index contributed by atoms with van der Waals surface area (Å²) in [6.45, 7) is 0.